The molecule has 1 aromatic rings. The van der Waals surface area contributed by atoms with Crippen molar-refractivity contribution in [2.45, 2.75) is 76.2 Å². The molecule has 0 aromatic heterocycles. The van der Waals surface area contributed by atoms with Crippen molar-refractivity contribution in [1.82, 2.24) is 20.4 Å². The van der Waals surface area contributed by atoms with Crippen LogP contribution in [0, 0.1) is 16.7 Å². The summed E-state index contributed by atoms with van der Waals surface area (Å²) in [5.41, 5.74) is -1.93. The summed E-state index contributed by atoms with van der Waals surface area (Å²) in [6.45, 7) is 4.79. The molecule has 2 saturated heterocycles. The Hall–Kier alpha value is -3.15. The molecule has 2 heterocycles. The van der Waals surface area contributed by atoms with Crippen LogP contribution in [-0.2, 0) is 16.1 Å². The van der Waals surface area contributed by atoms with Crippen molar-refractivity contribution >= 4 is 17.8 Å². The first-order chi connectivity index (χ1) is 16.5. The van der Waals surface area contributed by atoms with Crippen LogP contribution in [0.15, 0.2) is 30.3 Å². The van der Waals surface area contributed by atoms with E-state index in [0.717, 1.165) is 12.0 Å². The number of carbonyl (C=O) groups excluding carboxylic acids is 3. The smallest absolute Gasteiger partial charge is 0.318 e. The first-order valence-corrected chi connectivity index (χ1v) is 12.4. The lowest BCUT2D eigenvalue weighted by Gasteiger charge is -2.38. The minimum absolute atomic E-state index is 0.143. The second kappa shape index (κ2) is 9.48. The summed E-state index contributed by atoms with van der Waals surface area (Å²) < 4.78 is 14.4. The number of nitrogens with one attached hydrogen (secondary N) is 2. The largest absolute Gasteiger partial charge is 0.338 e. The van der Waals surface area contributed by atoms with E-state index in [2.05, 4.69) is 16.7 Å². The van der Waals surface area contributed by atoms with E-state index in [1.807, 2.05) is 35.2 Å². The highest BCUT2D eigenvalue weighted by Crippen LogP contribution is 2.42. The van der Waals surface area contributed by atoms with Gasteiger partial charge in [-0.15, -0.1) is 0 Å². The van der Waals surface area contributed by atoms with Crippen LogP contribution in [0.25, 0.3) is 0 Å². The second-order valence-electron chi connectivity index (χ2n) is 10.8. The van der Waals surface area contributed by atoms with Crippen molar-refractivity contribution in [3.05, 3.63) is 35.9 Å². The summed E-state index contributed by atoms with van der Waals surface area (Å²) in [7, 11) is 0. The van der Waals surface area contributed by atoms with Crippen molar-refractivity contribution in [2.24, 2.45) is 5.41 Å². The van der Waals surface area contributed by atoms with Crippen molar-refractivity contribution in [2.75, 3.05) is 19.6 Å². The van der Waals surface area contributed by atoms with Crippen LogP contribution in [0.2, 0.25) is 0 Å². The van der Waals surface area contributed by atoms with Crippen LogP contribution in [0.3, 0.4) is 0 Å². The third-order valence-corrected chi connectivity index (χ3v) is 7.46. The Kier molecular flexibility index (Phi) is 6.76. The van der Waals surface area contributed by atoms with Crippen molar-refractivity contribution < 1.29 is 18.8 Å². The van der Waals surface area contributed by atoms with Crippen molar-refractivity contribution in [1.29, 1.82) is 5.26 Å². The zero-order valence-electron chi connectivity index (χ0n) is 20.5. The minimum Gasteiger partial charge on any atom is -0.338 e. The number of amides is 4. The molecule has 9 heteroatoms. The average Bonchev–Trinajstić information content (AvgIpc) is 3.54. The molecule has 1 spiro atoms. The van der Waals surface area contributed by atoms with Gasteiger partial charge in [-0.3, -0.25) is 9.59 Å². The lowest BCUT2D eigenvalue weighted by molar-refractivity contribution is -0.138. The van der Waals surface area contributed by atoms with Gasteiger partial charge in [-0.2, -0.15) is 5.26 Å². The molecular formula is C26H34FN5O3. The van der Waals surface area contributed by atoms with Gasteiger partial charge in [-0.25, -0.2) is 9.18 Å². The normalized spacial score (nSPS) is 21.4. The molecule has 2 N–H and O–H groups in total. The summed E-state index contributed by atoms with van der Waals surface area (Å²) in [5.74, 6) is -0.400. The molecule has 35 heavy (non-hydrogen) atoms. The zero-order chi connectivity index (χ0) is 25.3. The molecule has 3 fully saturated rings. The van der Waals surface area contributed by atoms with Gasteiger partial charge in [-0.05, 0) is 51.5 Å². The number of urea groups is 1. The molecule has 3 aliphatic rings. The minimum atomic E-state index is -1.68. The molecule has 1 saturated carbocycles. The molecule has 188 valence electrons. The molecule has 0 radical (unpaired) electrons. The first kappa shape index (κ1) is 25.0. The molecule has 0 bridgehead atoms. The zero-order valence-corrected chi connectivity index (χ0v) is 20.5. The highest BCUT2D eigenvalue weighted by atomic mass is 19.1. The number of nitrogens with zero attached hydrogens (tertiary/aromatic N) is 3. The van der Waals surface area contributed by atoms with Gasteiger partial charge in [0.15, 0.2) is 0 Å². The maximum atomic E-state index is 14.4. The molecule has 1 aliphatic carbocycles. The Morgan fingerprint density at radius 1 is 1.11 bits per heavy atom. The quantitative estimate of drug-likeness (QED) is 0.622. The number of hydrogen-bond donors (Lipinski definition) is 2. The molecule has 0 unspecified atom stereocenters. The van der Waals surface area contributed by atoms with Gasteiger partial charge in [0.05, 0.1) is 11.5 Å². The van der Waals surface area contributed by atoms with E-state index in [4.69, 9.17) is 0 Å². The number of halogens is 1. The SMILES string of the molecule is CC(C)(F)C[C@H](NC(=O)N1CCC2(CC1)CCN(Cc1ccccc1)C2=O)C(=O)NC1(C#N)CC1. The lowest BCUT2D eigenvalue weighted by atomic mass is 9.77. The van der Waals surface area contributed by atoms with Crippen LogP contribution in [0.1, 0.15) is 57.9 Å². The molecule has 4 amide bonds. The molecule has 1 atom stereocenters. The monoisotopic (exact) mass is 483 g/mol. The number of piperidine rings is 1. The first-order valence-electron chi connectivity index (χ1n) is 12.4. The van der Waals surface area contributed by atoms with E-state index in [1.165, 1.54) is 13.8 Å². The second-order valence-corrected chi connectivity index (χ2v) is 10.8. The van der Waals surface area contributed by atoms with Crippen LogP contribution in [0.4, 0.5) is 9.18 Å². The van der Waals surface area contributed by atoms with Gasteiger partial charge in [-0.1, -0.05) is 30.3 Å². The standard InChI is InChI=1S/C26H34FN5O3/c1-24(2,27)16-20(21(33)30-26(18-28)8-9-26)29-23(35)31-13-10-25(11-14-31)12-15-32(22(25)34)17-19-6-4-3-5-7-19/h3-7,20H,8-17H2,1-2H3,(H,29,35)(H,30,33)/t20-/m0/s1. The van der Waals surface area contributed by atoms with E-state index in [0.29, 0.717) is 51.9 Å². The highest BCUT2D eigenvalue weighted by Gasteiger charge is 2.49. The Morgan fingerprint density at radius 3 is 2.31 bits per heavy atom. The predicted molar refractivity (Wildman–Crippen MR) is 128 cm³/mol. The van der Waals surface area contributed by atoms with Crippen molar-refractivity contribution in [3.63, 3.8) is 0 Å². The van der Waals surface area contributed by atoms with E-state index in [1.54, 1.807) is 4.90 Å². The third-order valence-electron chi connectivity index (χ3n) is 7.46. The maximum Gasteiger partial charge on any atom is 0.318 e. The molecule has 8 nitrogen and oxygen atoms in total. The maximum absolute atomic E-state index is 14.4. The number of likely N-dealkylation sites (tertiary alicyclic amines) is 2. The number of rotatable bonds is 7. The average molecular weight is 484 g/mol. The van der Waals surface area contributed by atoms with Crippen LogP contribution < -0.4 is 10.6 Å². The Bertz CT molecular complexity index is 1000. The van der Waals surface area contributed by atoms with Gasteiger partial charge in [0.1, 0.15) is 17.2 Å². The predicted octanol–water partition coefficient (Wildman–Crippen LogP) is 2.89. The summed E-state index contributed by atoms with van der Waals surface area (Å²) in [6.07, 6.45) is 2.81. The third kappa shape index (κ3) is 5.75. The summed E-state index contributed by atoms with van der Waals surface area (Å²) >= 11 is 0. The fraction of sp³-hybridized carbons (Fsp3) is 0.615. The Morgan fingerprint density at radius 2 is 1.74 bits per heavy atom. The number of benzene rings is 1. The molecule has 2 aliphatic heterocycles. The van der Waals surface area contributed by atoms with Crippen LogP contribution >= 0.6 is 0 Å². The van der Waals surface area contributed by atoms with Crippen LogP contribution in [0.5, 0.6) is 0 Å². The van der Waals surface area contributed by atoms with E-state index < -0.39 is 34.6 Å². The number of nitriles is 1. The van der Waals surface area contributed by atoms with E-state index in [9.17, 15) is 24.0 Å². The van der Waals surface area contributed by atoms with Gasteiger partial charge < -0.3 is 20.4 Å². The molecular weight excluding hydrogens is 449 g/mol. The molecule has 4 rings (SSSR count). The van der Waals surface area contributed by atoms with Gasteiger partial charge in [0, 0.05) is 32.6 Å². The van der Waals surface area contributed by atoms with Gasteiger partial charge in [0.25, 0.3) is 0 Å². The molecule has 1 aromatic carbocycles. The summed E-state index contributed by atoms with van der Waals surface area (Å²) in [4.78, 5) is 42.5. The van der Waals surface area contributed by atoms with Gasteiger partial charge in [0.2, 0.25) is 11.8 Å². The van der Waals surface area contributed by atoms with E-state index in [-0.39, 0.29) is 12.3 Å². The Balaban J connectivity index is 1.34. The summed E-state index contributed by atoms with van der Waals surface area (Å²) in [6, 6.07) is 10.5. The van der Waals surface area contributed by atoms with Crippen LogP contribution in [-0.4, -0.2) is 64.5 Å². The fourth-order valence-corrected chi connectivity index (χ4v) is 5.10. The Labute approximate surface area is 205 Å². The summed E-state index contributed by atoms with van der Waals surface area (Å²) in [5, 5.41) is 14.6. The van der Waals surface area contributed by atoms with Crippen molar-refractivity contribution in [3.8, 4) is 6.07 Å². The fourth-order valence-electron chi connectivity index (χ4n) is 5.10. The number of alkyl halides is 1. The van der Waals surface area contributed by atoms with Gasteiger partial charge >= 0.3 is 6.03 Å². The van der Waals surface area contributed by atoms with E-state index >= 15 is 0 Å². The topological polar surface area (TPSA) is 106 Å². The number of hydrogen-bond acceptors (Lipinski definition) is 4. The number of carbonyl (C=O) groups is 3. The lowest BCUT2D eigenvalue weighted by Crippen LogP contribution is -2.56. The highest BCUT2D eigenvalue weighted by molar-refractivity contribution is 5.89.